The third-order valence-corrected chi connectivity index (χ3v) is 8.01. The Morgan fingerprint density at radius 1 is 1.00 bits per heavy atom. The molecular formula is C15H18N2O4S3. The summed E-state index contributed by atoms with van der Waals surface area (Å²) < 4.78 is 53.9. The first-order valence-corrected chi connectivity index (χ1v) is 11.3. The molecule has 24 heavy (non-hydrogen) atoms. The number of nitrogens with zero attached hydrogens (tertiary/aromatic N) is 1. The maximum atomic E-state index is 12.6. The summed E-state index contributed by atoms with van der Waals surface area (Å²) in [5, 5.41) is 1.87. The second-order valence-electron chi connectivity index (χ2n) is 5.49. The second-order valence-corrected chi connectivity index (χ2v) is 10.2. The first kappa shape index (κ1) is 17.6. The molecule has 0 amide bonds. The molecule has 0 spiro atoms. The van der Waals surface area contributed by atoms with Crippen molar-refractivity contribution in [1.82, 2.24) is 9.03 Å². The molecule has 0 saturated carbocycles. The third-order valence-electron chi connectivity index (χ3n) is 3.84. The average molecular weight is 387 g/mol. The SMILES string of the molecule is O=S(=O)(NCc1cccs1)c1cccc(S(=O)(=O)N2CCCC2)c1. The molecule has 6 nitrogen and oxygen atoms in total. The molecule has 9 heteroatoms. The first-order chi connectivity index (χ1) is 11.4. The van der Waals surface area contributed by atoms with Crippen molar-refractivity contribution in [1.29, 1.82) is 0 Å². The molecule has 1 aromatic carbocycles. The van der Waals surface area contributed by atoms with E-state index in [1.54, 1.807) is 0 Å². The largest absolute Gasteiger partial charge is 0.243 e. The van der Waals surface area contributed by atoms with Crippen LogP contribution in [0.1, 0.15) is 17.7 Å². The fourth-order valence-electron chi connectivity index (χ4n) is 2.54. The normalized spacial score (nSPS) is 16.5. The molecule has 1 aliphatic rings. The van der Waals surface area contributed by atoms with Gasteiger partial charge in [0.25, 0.3) is 0 Å². The number of benzene rings is 1. The summed E-state index contributed by atoms with van der Waals surface area (Å²) in [5.74, 6) is 0. The summed E-state index contributed by atoms with van der Waals surface area (Å²) >= 11 is 1.45. The van der Waals surface area contributed by atoms with E-state index in [9.17, 15) is 16.8 Å². The van der Waals surface area contributed by atoms with Gasteiger partial charge in [0.15, 0.2) is 0 Å². The van der Waals surface area contributed by atoms with Crippen LogP contribution in [0.3, 0.4) is 0 Å². The van der Waals surface area contributed by atoms with Crippen molar-refractivity contribution in [2.24, 2.45) is 0 Å². The lowest BCUT2D eigenvalue weighted by Gasteiger charge is -2.16. The van der Waals surface area contributed by atoms with E-state index in [4.69, 9.17) is 0 Å². The zero-order valence-electron chi connectivity index (χ0n) is 12.9. The highest BCUT2D eigenvalue weighted by Gasteiger charge is 2.28. The molecule has 2 aromatic rings. The molecular weight excluding hydrogens is 368 g/mol. The number of rotatable bonds is 6. The topological polar surface area (TPSA) is 83.5 Å². The summed E-state index contributed by atoms with van der Waals surface area (Å²) in [6, 6.07) is 9.21. The van der Waals surface area contributed by atoms with E-state index >= 15 is 0 Å². The number of sulfonamides is 2. The number of nitrogens with one attached hydrogen (secondary N) is 1. The molecule has 1 saturated heterocycles. The van der Waals surface area contributed by atoms with Gasteiger partial charge in [-0.25, -0.2) is 21.6 Å². The van der Waals surface area contributed by atoms with Gasteiger partial charge in [0.2, 0.25) is 20.0 Å². The molecule has 0 aliphatic carbocycles. The van der Waals surface area contributed by atoms with Crippen molar-refractivity contribution in [3.8, 4) is 0 Å². The molecule has 130 valence electrons. The smallest absolute Gasteiger partial charge is 0.207 e. The summed E-state index contributed by atoms with van der Waals surface area (Å²) in [6.07, 6.45) is 1.67. The Labute approximate surface area is 146 Å². The summed E-state index contributed by atoms with van der Waals surface area (Å²) in [4.78, 5) is 0.863. The molecule has 1 aromatic heterocycles. The zero-order chi connectivity index (χ0) is 17.2. The van der Waals surface area contributed by atoms with Crippen molar-refractivity contribution < 1.29 is 16.8 Å². The lowest BCUT2D eigenvalue weighted by molar-refractivity contribution is 0.477. The van der Waals surface area contributed by atoms with E-state index in [0.29, 0.717) is 13.1 Å². The highest BCUT2D eigenvalue weighted by molar-refractivity contribution is 7.90. The molecule has 1 aliphatic heterocycles. The van der Waals surface area contributed by atoms with Gasteiger partial charge in [-0.3, -0.25) is 0 Å². The van der Waals surface area contributed by atoms with Gasteiger partial charge in [0, 0.05) is 24.5 Å². The zero-order valence-corrected chi connectivity index (χ0v) is 15.3. The van der Waals surface area contributed by atoms with E-state index < -0.39 is 20.0 Å². The molecule has 1 fully saturated rings. The van der Waals surface area contributed by atoms with Crippen molar-refractivity contribution in [3.63, 3.8) is 0 Å². The number of hydrogen-bond donors (Lipinski definition) is 1. The van der Waals surface area contributed by atoms with Crippen molar-refractivity contribution in [2.75, 3.05) is 13.1 Å². The van der Waals surface area contributed by atoms with Crippen LogP contribution in [0, 0.1) is 0 Å². The van der Waals surface area contributed by atoms with Gasteiger partial charge >= 0.3 is 0 Å². The molecule has 3 rings (SSSR count). The predicted octanol–water partition coefficient (Wildman–Crippen LogP) is 2.01. The van der Waals surface area contributed by atoms with Gasteiger partial charge in [-0.2, -0.15) is 4.31 Å². The predicted molar refractivity (Wildman–Crippen MR) is 92.8 cm³/mol. The van der Waals surface area contributed by atoms with E-state index in [-0.39, 0.29) is 16.3 Å². The van der Waals surface area contributed by atoms with E-state index in [1.807, 2.05) is 17.5 Å². The maximum absolute atomic E-state index is 12.6. The lowest BCUT2D eigenvalue weighted by atomic mass is 10.4. The summed E-state index contributed by atoms with van der Waals surface area (Å²) in [5.41, 5.74) is 0. The van der Waals surface area contributed by atoms with Gasteiger partial charge in [0.1, 0.15) is 0 Å². The summed E-state index contributed by atoms with van der Waals surface area (Å²) in [7, 11) is -7.41. The van der Waals surface area contributed by atoms with Gasteiger partial charge in [-0.15, -0.1) is 11.3 Å². The fourth-order valence-corrected chi connectivity index (χ4v) is 5.97. The van der Waals surface area contributed by atoms with Crippen molar-refractivity contribution in [2.45, 2.75) is 29.2 Å². The van der Waals surface area contributed by atoms with Gasteiger partial charge in [0.05, 0.1) is 9.79 Å². The van der Waals surface area contributed by atoms with Crippen LogP contribution in [-0.4, -0.2) is 34.2 Å². The monoisotopic (exact) mass is 386 g/mol. The Kier molecular flexibility index (Phi) is 5.07. The Hall–Kier alpha value is -1.26. The van der Waals surface area contributed by atoms with Crippen LogP contribution < -0.4 is 4.72 Å². The fraction of sp³-hybridized carbons (Fsp3) is 0.333. The molecule has 2 heterocycles. The Balaban J connectivity index is 1.84. The quantitative estimate of drug-likeness (QED) is 0.823. The molecule has 1 N–H and O–H groups in total. The maximum Gasteiger partial charge on any atom is 0.243 e. The van der Waals surface area contributed by atoms with Gasteiger partial charge in [-0.05, 0) is 42.5 Å². The number of thiophene rings is 1. The Morgan fingerprint density at radius 3 is 2.38 bits per heavy atom. The van der Waals surface area contributed by atoms with Gasteiger partial charge < -0.3 is 0 Å². The minimum Gasteiger partial charge on any atom is -0.207 e. The highest BCUT2D eigenvalue weighted by atomic mass is 32.2. The molecule has 0 bridgehead atoms. The summed E-state index contributed by atoms with van der Waals surface area (Å²) in [6.45, 7) is 1.15. The van der Waals surface area contributed by atoms with Crippen LogP contribution >= 0.6 is 11.3 Å². The van der Waals surface area contributed by atoms with E-state index in [1.165, 1.54) is 39.9 Å². The minimum atomic E-state index is -3.77. The Morgan fingerprint density at radius 2 is 1.71 bits per heavy atom. The van der Waals surface area contributed by atoms with Crippen LogP contribution in [0.25, 0.3) is 0 Å². The van der Waals surface area contributed by atoms with Crippen molar-refractivity contribution >= 4 is 31.4 Å². The van der Waals surface area contributed by atoms with Gasteiger partial charge in [-0.1, -0.05) is 12.1 Å². The highest BCUT2D eigenvalue weighted by Crippen LogP contribution is 2.23. The van der Waals surface area contributed by atoms with Crippen LogP contribution in [-0.2, 0) is 26.6 Å². The lowest BCUT2D eigenvalue weighted by Crippen LogP contribution is -2.28. The van der Waals surface area contributed by atoms with Crippen molar-refractivity contribution in [3.05, 3.63) is 46.7 Å². The minimum absolute atomic E-state index is 0.0170. The number of hydrogen-bond acceptors (Lipinski definition) is 5. The standard InChI is InChI=1S/C15H18N2O4S3/c18-23(19,16-12-13-5-4-10-22-13)14-6-3-7-15(11-14)24(20,21)17-8-1-2-9-17/h3-7,10-11,16H,1-2,8-9,12H2. The van der Waals surface area contributed by atoms with Crippen LogP contribution in [0.5, 0.6) is 0 Å². The van der Waals surface area contributed by atoms with E-state index in [2.05, 4.69) is 4.72 Å². The van der Waals surface area contributed by atoms with Crippen LogP contribution in [0.4, 0.5) is 0 Å². The van der Waals surface area contributed by atoms with Crippen LogP contribution in [0.15, 0.2) is 51.6 Å². The Bertz CT molecular complexity index is 900. The first-order valence-electron chi connectivity index (χ1n) is 7.52. The second kappa shape index (κ2) is 6.93. The molecule has 0 radical (unpaired) electrons. The third kappa shape index (κ3) is 3.70. The molecule has 0 atom stereocenters. The van der Waals surface area contributed by atoms with Crippen LogP contribution in [0.2, 0.25) is 0 Å². The van der Waals surface area contributed by atoms with E-state index in [0.717, 1.165) is 17.7 Å². The average Bonchev–Trinajstić information content (AvgIpc) is 3.27. The molecule has 0 unspecified atom stereocenters.